The molecule has 29 heavy (non-hydrogen) atoms. The predicted molar refractivity (Wildman–Crippen MR) is 123 cm³/mol. The van der Waals surface area contributed by atoms with Crippen molar-refractivity contribution in [2.24, 2.45) is 52.3 Å². The van der Waals surface area contributed by atoms with Crippen LogP contribution in [0.4, 0.5) is 0 Å². The highest BCUT2D eigenvalue weighted by atomic mass is 35.5. The number of rotatable bonds is 5. The van der Waals surface area contributed by atoms with Gasteiger partial charge in [-0.1, -0.05) is 53.9 Å². The number of Topliss-reactive ketones (excluding diaryl/α,β-unsaturated/α-hetero) is 1. The number of alkyl halides is 1. The SMILES string of the molecule is CC(C)CCC[C@@H](C)[C@@H]1CC[C@@H]2[C@@H]3C(=O)C[C@H]4C[C@H](Cl)CC[C@]4(C)[C@@H]3CC[C@]21C. The molecule has 0 heterocycles. The zero-order chi connectivity index (χ0) is 21.0. The van der Waals surface area contributed by atoms with Gasteiger partial charge in [0.05, 0.1) is 0 Å². The van der Waals surface area contributed by atoms with E-state index in [1.54, 1.807) is 0 Å². The van der Waals surface area contributed by atoms with Crippen molar-refractivity contribution >= 4 is 17.4 Å². The molecular formula is C27H45ClO. The fourth-order valence-corrected chi connectivity index (χ4v) is 9.23. The first-order chi connectivity index (χ1) is 13.7. The van der Waals surface area contributed by atoms with Gasteiger partial charge < -0.3 is 0 Å². The molecule has 0 unspecified atom stereocenters. The topological polar surface area (TPSA) is 17.1 Å². The van der Waals surface area contributed by atoms with Crippen LogP contribution in [0.15, 0.2) is 0 Å². The maximum atomic E-state index is 13.5. The molecule has 0 aromatic rings. The molecule has 4 rings (SSSR count). The summed E-state index contributed by atoms with van der Waals surface area (Å²) in [6, 6.07) is 0. The Morgan fingerprint density at radius 1 is 0.966 bits per heavy atom. The summed E-state index contributed by atoms with van der Waals surface area (Å²) in [5, 5.41) is 0.300. The zero-order valence-corrected chi connectivity index (χ0v) is 20.4. The minimum absolute atomic E-state index is 0.300. The minimum atomic E-state index is 0.300. The van der Waals surface area contributed by atoms with Crippen LogP contribution in [-0.4, -0.2) is 11.2 Å². The van der Waals surface area contributed by atoms with E-state index in [0.29, 0.717) is 45.7 Å². The second-order valence-electron chi connectivity index (χ2n) is 12.5. The van der Waals surface area contributed by atoms with E-state index in [-0.39, 0.29) is 0 Å². The molecule has 0 spiro atoms. The average molecular weight is 421 g/mol. The van der Waals surface area contributed by atoms with Gasteiger partial charge in [-0.25, -0.2) is 0 Å². The fraction of sp³-hybridized carbons (Fsp3) is 0.963. The molecule has 9 atom stereocenters. The molecule has 1 nitrogen and oxygen atoms in total. The first-order valence-electron chi connectivity index (χ1n) is 12.8. The number of hydrogen-bond donors (Lipinski definition) is 0. The van der Waals surface area contributed by atoms with Crippen molar-refractivity contribution in [3.63, 3.8) is 0 Å². The van der Waals surface area contributed by atoms with Crippen LogP contribution in [0.2, 0.25) is 0 Å². The fourth-order valence-electron chi connectivity index (χ4n) is 8.90. The molecule has 166 valence electrons. The highest BCUT2D eigenvalue weighted by molar-refractivity contribution is 6.20. The van der Waals surface area contributed by atoms with E-state index < -0.39 is 0 Å². The van der Waals surface area contributed by atoms with E-state index in [0.717, 1.165) is 37.0 Å². The predicted octanol–water partition coefficient (Wildman–Crippen LogP) is 7.89. The lowest BCUT2D eigenvalue weighted by atomic mass is 9.44. The highest BCUT2D eigenvalue weighted by Gasteiger charge is 2.62. The molecule has 0 aromatic carbocycles. The van der Waals surface area contributed by atoms with Gasteiger partial charge in [-0.05, 0) is 91.3 Å². The number of carbonyl (C=O) groups excluding carboxylic acids is 1. The molecule has 0 saturated heterocycles. The molecule has 0 aromatic heterocycles. The van der Waals surface area contributed by atoms with Crippen LogP contribution in [0.5, 0.6) is 0 Å². The van der Waals surface area contributed by atoms with Crippen LogP contribution >= 0.6 is 11.6 Å². The molecule has 2 heteroatoms. The first-order valence-corrected chi connectivity index (χ1v) is 13.3. The van der Waals surface area contributed by atoms with Gasteiger partial charge in [-0.3, -0.25) is 4.79 Å². The molecule has 4 fully saturated rings. The summed E-state index contributed by atoms with van der Waals surface area (Å²) in [6.45, 7) is 12.3. The van der Waals surface area contributed by atoms with Crippen LogP contribution in [0, 0.1) is 52.3 Å². The largest absolute Gasteiger partial charge is 0.299 e. The number of carbonyl (C=O) groups is 1. The van der Waals surface area contributed by atoms with Crippen LogP contribution in [0.25, 0.3) is 0 Å². The van der Waals surface area contributed by atoms with Crippen molar-refractivity contribution in [1.82, 2.24) is 0 Å². The zero-order valence-electron chi connectivity index (χ0n) is 19.7. The Morgan fingerprint density at radius 2 is 1.66 bits per heavy atom. The third-order valence-electron chi connectivity index (χ3n) is 10.6. The molecule has 0 aliphatic heterocycles. The summed E-state index contributed by atoms with van der Waals surface area (Å²) in [4.78, 5) is 13.5. The lowest BCUT2D eigenvalue weighted by molar-refractivity contribution is -0.156. The summed E-state index contributed by atoms with van der Waals surface area (Å²) in [7, 11) is 0. The van der Waals surface area contributed by atoms with E-state index in [2.05, 4.69) is 34.6 Å². The summed E-state index contributed by atoms with van der Waals surface area (Å²) in [5.41, 5.74) is 0.771. The molecule has 0 radical (unpaired) electrons. The van der Waals surface area contributed by atoms with E-state index in [1.165, 1.54) is 51.4 Å². The van der Waals surface area contributed by atoms with Crippen molar-refractivity contribution in [3.8, 4) is 0 Å². The molecule has 4 saturated carbocycles. The van der Waals surface area contributed by atoms with Gasteiger partial charge in [-0.15, -0.1) is 11.6 Å². The lowest BCUT2D eigenvalue weighted by Crippen LogP contribution is -2.57. The monoisotopic (exact) mass is 420 g/mol. The van der Waals surface area contributed by atoms with Gasteiger partial charge in [0.1, 0.15) is 5.78 Å². The molecule has 0 bridgehead atoms. The second kappa shape index (κ2) is 8.14. The molecule has 4 aliphatic carbocycles. The lowest BCUT2D eigenvalue weighted by Gasteiger charge is -2.60. The standard InChI is InChI=1S/C27H45ClO/c1-17(2)7-6-8-18(3)21-9-10-22-25-23(12-14-27(21,22)5)26(4)13-11-20(28)15-19(26)16-24(25)29/h17-23,25H,6-16H2,1-5H3/t18-,19-,20-,21+,22-,23-,25+,26+,27+/m1/s1. The van der Waals surface area contributed by atoms with Crippen molar-refractivity contribution in [3.05, 3.63) is 0 Å². The summed E-state index contributed by atoms with van der Waals surface area (Å²) < 4.78 is 0. The number of fused-ring (bicyclic) bond motifs is 5. The average Bonchev–Trinajstić information content (AvgIpc) is 3.00. The Labute approximate surface area is 185 Å². The highest BCUT2D eigenvalue weighted by Crippen LogP contribution is 2.67. The minimum Gasteiger partial charge on any atom is -0.299 e. The molecule has 0 N–H and O–H groups in total. The summed E-state index contributed by atoms with van der Waals surface area (Å²) >= 11 is 6.54. The number of hydrogen-bond acceptors (Lipinski definition) is 1. The second-order valence-corrected chi connectivity index (χ2v) is 13.1. The van der Waals surface area contributed by atoms with Gasteiger partial charge in [0.2, 0.25) is 0 Å². The molecular weight excluding hydrogens is 376 g/mol. The molecule has 4 aliphatic rings. The Balaban J connectivity index is 1.51. The van der Waals surface area contributed by atoms with Gasteiger partial charge in [0.25, 0.3) is 0 Å². The van der Waals surface area contributed by atoms with Crippen LogP contribution in [0.3, 0.4) is 0 Å². The Hall–Kier alpha value is -0.0400. The summed E-state index contributed by atoms with van der Waals surface area (Å²) in [6.07, 6.45) is 13.7. The van der Waals surface area contributed by atoms with Crippen molar-refractivity contribution in [2.75, 3.05) is 0 Å². The van der Waals surface area contributed by atoms with Gasteiger partial charge in [0.15, 0.2) is 0 Å². The maximum Gasteiger partial charge on any atom is 0.136 e. The Bertz CT molecular complexity index is 614. The Kier molecular flexibility index (Phi) is 6.22. The smallest absolute Gasteiger partial charge is 0.136 e. The third-order valence-corrected chi connectivity index (χ3v) is 11.0. The maximum absolute atomic E-state index is 13.5. The van der Waals surface area contributed by atoms with Crippen LogP contribution < -0.4 is 0 Å². The first kappa shape index (κ1) is 22.2. The number of ketones is 1. The van der Waals surface area contributed by atoms with Crippen molar-refractivity contribution in [1.29, 1.82) is 0 Å². The van der Waals surface area contributed by atoms with E-state index in [1.807, 2.05) is 0 Å². The van der Waals surface area contributed by atoms with E-state index in [4.69, 9.17) is 11.6 Å². The van der Waals surface area contributed by atoms with E-state index in [9.17, 15) is 4.79 Å². The normalized spacial score (nSPS) is 48.2. The van der Waals surface area contributed by atoms with Gasteiger partial charge in [-0.2, -0.15) is 0 Å². The van der Waals surface area contributed by atoms with E-state index >= 15 is 0 Å². The van der Waals surface area contributed by atoms with Crippen LogP contribution in [-0.2, 0) is 4.79 Å². The third kappa shape index (κ3) is 3.74. The number of halogens is 1. The quantitative estimate of drug-likeness (QED) is 0.413. The van der Waals surface area contributed by atoms with Crippen LogP contribution in [0.1, 0.15) is 105 Å². The summed E-state index contributed by atoms with van der Waals surface area (Å²) in [5.74, 6) is 5.27. The van der Waals surface area contributed by atoms with Crippen molar-refractivity contribution in [2.45, 2.75) is 111 Å². The van der Waals surface area contributed by atoms with Gasteiger partial charge >= 0.3 is 0 Å². The Morgan fingerprint density at radius 3 is 2.38 bits per heavy atom. The molecule has 0 amide bonds. The van der Waals surface area contributed by atoms with Gasteiger partial charge in [0, 0.05) is 17.7 Å². The van der Waals surface area contributed by atoms with Crippen molar-refractivity contribution < 1.29 is 4.79 Å².